The second kappa shape index (κ2) is 5.32. The van der Waals surface area contributed by atoms with Crippen molar-refractivity contribution in [1.29, 1.82) is 0 Å². The number of benzene rings is 1. The van der Waals surface area contributed by atoms with E-state index in [1.54, 1.807) is 0 Å². The Bertz CT molecular complexity index is 403. The summed E-state index contributed by atoms with van der Waals surface area (Å²) in [5.41, 5.74) is 2.25. The van der Waals surface area contributed by atoms with Crippen LogP contribution in [0.4, 0.5) is 0 Å². The SMILES string of the molecule is COC(=O)Cc1ccccc1CNC1CC1C. The molecule has 3 heteroatoms. The van der Waals surface area contributed by atoms with E-state index in [-0.39, 0.29) is 5.97 Å². The average molecular weight is 233 g/mol. The molecule has 0 amide bonds. The minimum Gasteiger partial charge on any atom is -0.469 e. The Labute approximate surface area is 102 Å². The third-order valence-electron chi connectivity index (χ3n) is 3.35. The van der Waals surface area contributed by atoms with Crippen molar-refractivity contribution >= 4 is 5.97 Å². The molecule has 0 bridgehead atoms. The first kappa shape index (κ1) is 12.1. The van der Waals surface area contributed by atoms with E-state index in [0.717, 1.165) is 18.0 Å². The van der Waals surface area contributed by atoms with E-state index >= 15 is 0 Å². The summed E-state index contributed by atoms with van der Waals surface area (Å²) in [5.74, 6) is 0.611. The molecule has 0 aromatic heterocycles. The average Bonchev–Trinajstić information content (AvgIpc) is 3.04. The van der Waals surface area contributed by atoms with Crippen molar-refractivity contribution in [2.24, 2.45) is 5.92 Å². The van der Waals surface area contributed by atoms with Crippen molar-refractivity contribution in [2.75, 3.05) is 7.11 Å². The number of ether oxygens (including phenoxy) is 1. The number of carbonyl (C=O) groups excluding carboxylic acids is 1. The zero-order valence-electron chi connectivity index (χ0n) is 10.4. The second-order valence-electron chi connectivity index (χ2n) is 4.72. The number of rotatable bonds is 5. The van der Waals surface area contributed by atoms with Crippen LogP contribution in [0.25, 0.3) is 0 Å². The molecule has 1 aliphatic carbocycles. The number of carbonyl (C=O) groups is 1. The molecule has 0 radical (unpaired) electrons. The Morgan fingerprint density at radius 2 is 2.06 bits per heavy atom. The van der Waals surface area contributed by atoms with Crippen LogP contribution < -0.4 is 5.32 Å². The van der Waals surface area contributed by atoms with E-state index in [0.29, 0.717) is 12.5 Å². The molecule has 0 spiro atoms. The summed E-state index contributed by atoms with van der Waals surface area (Å²) >= 11 is 0. The molecular formula is C14H19NO2. The van der Waals surface area contributed by atoms with Gasteiger partial charge < -0.3 is 10.1 Å². The van der Waals surface area contributed by atoms with Crippen LogP contribution in [-0.4, -0.2) is 19.1 Å². The molecule has 0 saturated heterocycles. The molecular weight excluding hydrogens is 214 g/mol. The van der Waals surface area contributed by atoms with E-state index in [2.05, 4.69) is 18.3 Å². The Kier molecular flexibility index (Phi) is 3.79. The Balaban J connectivity index is 1.97. The van der Waals surface area contributed by atoms with Crippen molar-refractivity contribution in [2.45, 2.75) is 32.4 Å². The van der Waals surface area contributed by atoms with Gasteiger partial charge in [0.15, 0.2) is 0 Å². The number of methoxy groups -OCH3 is 1. The summed E-state index contributed by atoms with van der Waals surface area (Å²) < 4.78 is 4.70. The summed E-state index contributed by atoms with van der Waals surface area (Å²) in [6.45, 7) is 3.08. The van der Waals surface area contributed by atoms with Crippen molar-refractivity contribution in [3.05, 3.63) is 35.4 Å². The van der Waals surface area contributed by atoms with Gasteiger partial charge in [-0.25, -0.2) is 0 Å². The van der Waals surface area contributed by atoms with Gasteiger partial charge in [0.2, 0.25) is 0 Å². The van der Waals surface area contributed by atoms with Crippen LogP contribution in [0.3, 0.4) is 0 Å². The van der Waals surface area contributed by atoms with E-state index < -0.39 is 0 Å². The van der Waals surface area contributed by atoms with Gasteiger partial charge in [-0.2, -0.15) is 0 Å². The Hall–Kier alpha value is -1.35. The van der Waals surface area contributed by atoms with Crippen molar-refractivity contribution in [1.82, 2.24) is 5.32 Å². The zero-order valence-corrected chi connectivity index (χ0v) is 10.4. The lowest BCUT2D eigenvalue weighted by Gasteiger charge is -2.09. The molecule has 1 N–H and O–H groups in total. The number of hydrogen-bond acceptors (Lipinski definition) is 3. The molecule has 17 heavy (non-hydrogen) atoms. The zero-order chi connectivity index (χ0) is 12.3. The maximum Gasteiger partial charge on any atom is 0.309 e. The Morgan fingerprint density at radius 3 is 2.65 bits per heavy atom. The quantitative estimate of drug-likeness (QED) is 0.789. The van der Waals surface area contributed by atoms with Gasteiger partial charge in [-0.05, 0) is 23.5 Å². The molecule has 2 atom stereocenters. The minimum atomic E-state index is -0.183. The first-order valence-electron chi connectivity index (χ1n) is 6.07. The topological polar surface area (TPSA) is 38.3 Å². The fraction of sp³-hybridized carbons (Fsp3) is 0.500. The van der Waals surface area contributed by atoms with Gasteiger partial charge in [0.25, 0.3) is 0 Å². The van der Waals surface area contributed by atoms with Gasteiger partial charge in [-0.1, -0.05) is 31.2 Å². The summed E-state index contributed by atoms with van der Waals surface area (Å²) in [5, 5.41) is 3.50. The van der Waals surface area contributed by atoms with Gasteiger partial charge in [-0.15, -0.1) is 0 Å². The summed E-state index contributed by atoms with van der Waals surface area (Å²) in [4.78, 5) is 11.3. The van der Waals surface area contributed by atoms with Crippen LogP contribution >= 0.6 is 0 Å². The van der Waals surface area contributed by atoms with Gasteiger partial charge in [0.1, 0.15) is 0 Å². The van der Waals surface area contributed by atoms with Crippen LogP contribution in [0.15, 0.2) is 24.3 Å². The predicted molar refractivity (Wildman–Crippen MR) is 66.6 cm³/mol. The Morgan fingerprint density at radius 1 is 1.41 bits per heavy atom. The fourth-order valence-electron chi connectivity index (χ4n) is 1.98. The largest absolute Gasteiger partial charge is 0.469 e. The van der Waals surface area contributed by atoms with Gasteiger partial charge in [0.05, 0.1) is 13.5 Å². The summed E-state index contributed by atoms with van der Waals surface area (Å²) in [6, 6.07) is 8.68. The number of hydrogen-bond donors (Lipinski definition) is 1. The van der Waals surface area contributed by atoms with Gasteiger partial charge in [0, 0.05) is 12.6 Å². The molecule has 2 unspecified atom stereocenters. The monoisotopic (exact) mass is 233 g/mol. The highest BCUT2D eigenvalue weighted by atomic mass is 16.5. The number of esters is 1. The van der Waals surface area contributed by atoms with Crippen molar-refractivity contribution in [3.8, 4) is 0 Å². The van der Waals surface area contributed by atoms with Crippen LogP contribution in [0, 0.1) is 5.92 Å². The molecule has 92 valence electrons. The maximum absolute atomic E-state index is 11.3. The summed E-state index contributed by atoms with van der Waals surface area (Å²) in [6.07, 6.45) is 1.62. The molecule has 0 heterocycles. The van der Waals surface area contributed by atoms with Crippen LogP contribution in [0.2, 0.25) is 0 Å². The van der Waals surface area contributed by atoms with E-state index in [1.165, 1.54) is 19.1 Å². The maximum atomic E-state index is 11.3. The molecule has 0 aliphatic heterocycles. The molecule has 1 saturated carbocycles. The van der Waals surface area contributed by atoms with Crippen LogP contribution in [0.1, 0.15) is 24.5 Å². The standard InChI is InChI=1S/C14H19NO2/c1-10-7-13(10)15-9-12-6-4-3-5-11(12)8-14(16)17-2/h3-6,10,13,15H,7-9H2,1-2H3. The third-order valence-corrected chi connectivity index (χ3v) is 3.35. The van der Waals surface area contributed by atoms with E-state index in [9.17, 15) is 4.79 Å². The first-order valence-corrected chi connectivity index (χ1v) is 6.07. The first-order chi connectivity index (χ1) is 8.20. The fourth-order valence-corrected chi connectivity index (χ4v) is 1.98. The highest BCUT2D eigenvalue weighted by Gasteiger charge is 2.31. The van der Waals surface area contributed by atoms with Gasteiger partial charge >= 0.3 is 5.97 Å². The summed E-state index contributed by atoms with van der Waals surface area (Å²) in [7, 11) is 1.43. The normalized spacial score (nSPS) is 22.2. The van der Waals surface area contributed by atoms with Crippen LogP contribution in [-0.2, 0) is 22.5 Å². The molecule has 2 rings (SSSR count). The van der Waals surface area contributed by atoms with Crippen molar-refractivity contribution < 1.29 is 9.53 Å². The van der Waals surface area contributed by atoms with Crippen molar-refractivity contribution in [3.63, 3.8) is 0 Å². The highest BCUT2D eigenvalue weighted by Crippen LogP contribution is 2.29. The molecule has 3 nitrogen and oxygen atoms in total. The lowest BCUT2D eigenvalue weighted by Crippen LogP contribution is -2.18. The van der Waals surface area contributed by atoms with E-state index in [4.69, 9.17) is 4.74 Å². The van der Waals surface area contributed by atoms with Gasteiger partial charge in [-0.3, -0.25) is 4.79 Å². The van der Waals surface area contributed by atoms with Crippen LogP contribution in [0.5, 0.6) is 0 Å². The molecule has 1 fully saturated rings. The highest BCUT2D eigenvalue weighted by molar-refractivity contribution is 5.72. The smallest absolute Gasteiger partial charge is 0.309 e. The predicted octanol–water partition coefficient (Wildman–Crippen LogP) is 1.90. The molecule has 1 aromatic carbocycles. The molecule has 1 aromatic rings. The number of nitrogens with one attached hydrogen (secondary N) is 1. The minimum absolute atomic E-state index is 0.183. The lowest BCUT2D eigenvalue weighted by atomic mass is 10.0. The lowest BCUT2D eigenvalue weighted by molar-refractivity contribution is -0.139. The van der Waals surface area contributed by atoms with E-state index in [1.807, 2.05) is 18.2 Å². The second-order valence-corrected chi connectivity index (χ2v) is 4.72. The molecule has 1 aliphatic rings. The third kappa shape index (κ3) is 3.30.